The molecule has 122 valence electrons. The molecule has 0 unspecified atom stereocenters. The molecule has 0 spiro atoms. The van der Waals surface area contributed by atoms with Gasteiger partial charge in [0.2, 0.25) is 10.0 Å². The van der Waals surface area contributed by atoms with Gasteiger partial charge in [-0.3, -0.25) is 0 Å². The first kappa shape index (κ1) is 16.7. The summed E-state index contributed by atoms with van der Waals surface area (Å²) in [5.74, 6) is -0.469. The van der Waals surface area contributed by atoms with E-state index in [9.17, 15) is 17.6 Å². The van der Waals surface area contributed by atoms with Gasteiger partial charge < -0.3 is 9.64 Å². The molecule has 2 rings (SSSR count). The van der Waals surface area contributed by atoms with E-state index in [0.717, 1.165) is 6.07 Å². The monoisotopic (exact) mass is 330 g/mol. The van der Waals surface area contributed by atoms with E-state index in [1.165, 1.54) is 21.3 Å². The molecule has 1 aliphatic rings. The number of amides is 1. The number of hydrogen-bond donors (Lipinski definition) is 0. The van der Waals surface area contributed by atoms with E-state index in [0.29, 0.717) is 5.56 Å². The van der Waals surface area contributed by atoms with Crippen LogP contribution in [-0.4, -0.2) is 56.5 Å². The molecule has 0 radical (unpaired) electrons. The van der Waals surface area contributed by atoms with Crippen molar-refractivity contribution < 1.29 is 22.3 Å². The topological polar surface area (TPSA) is 66.9 Å². The molecule has 1 aliphatic heterocycles. The average Bonchev–Trinajstić information content (AvgIpc) is 2.47. The second-order valence-corrected chi connectivity index (χ2v) is 6.91. The number of aryl methyl sites for hydroxylation is 1. The molecule has 0 aliphatic carbocycles. The molecule has 8 heteroatoms. The number of piperazine rings is 1. The van der Waals surface area contributed by atoms with Crippen molar-refractivity contribution in [3.8, 4) is 0 Å². The van der Waals surface area contributed by atoms with Crippen LogP contribution in [0.2, 0.25) is 0 Å². The fraction of sp³-hybridized carbons (Fsp3) is 0.500. The number of carbonyl (C=O) groups excluding carboxylic acids is 1. The van der Waals surface area contributed by atoms with Gasteiger partial charge in [-0.05, 0) is 37.6 Å². The standard InChI is InChI=1S/C14H19FN2O4S/c1-3-21-14(18)16-6-8-17(9-7-16)22(19,20)13-5-4-12(15)10-11(13)2/h4-5,10H,3,6-9H2,1-2H3. The van der Waals surface area contributed by atoms with Crippen molar-refractivity contribution >= 4 is 16.1 Å². The van der Waals surface area contributed by atoms with Crippen LogP contribution in [0.25, 0.3) is 0 Å². The smallest absolute Gasteiger partial charge is 0.409 e. The van der Waals surface area contributed by atoms with Crippen molar-refractivity contribution in [2.24, 2.45) is 0 Å². The highest BCUT2D eigenvalue weighted by Gasteiger charge is 2.31. The van der Waals surface area contributed by atoms with E-state index in [2.05, 4.69) is 0 Å². The van der Waals surface area contributed by atoms with Crippen molar-refractivity contribution in [3.63, 3.8) is 0 Å². The largest absolute Gasteiger partial charge is 0.450 e. The zero-order valence-corrected chi connectivity index (χ0v) is 13.4. The zero-order chi connectivity index (χ0) is 16.3. The first-order valence-corrected chi connectivity index (χ1v) is 8.48. The van der Waals surface area contributed by atoms with E-state index in [4.69, 9.17) is 4.74 Å². The number of halogens is 1. The van der Waals surface area contributed by atoms with E-state index in [1.54, 1.807) is 13.8 Å². The van der Waals surface area contributed by atoms with Crippen LogP contribution in [0.15, 0.2) is 23.1 Å². The molecule has 0 atom stereocenters. The summed E-state index contributed by atoms with van der Waals surface area (Å²) in [7, 11) is -3.68. The molecule has 0 bridgehead atoms. The van der Waals surface area contributed by atoms with Crippen LogP contribution in [0.5, 0.6) is 0 Å². The SMILES string of the molecule is CCOC(=O)N1CCN(S(=O)(=O)c2ccc(F)cc2C)CC1. The molecule has 1 heterocycles. The van der Waals surface area contributed by atoms with Gasteiger partial charge in [0.25, 0.3) is 0 Å². The first-order valence-electron chi connectivity index (χ1n) is 7.04. The Kier molecular flexibility index (Phi) is 5.02. The highest BCUT2D eigenvalue weighted by Crippen LogP contribution is 2.22. The first-order chi connectivity index (χ1) is 10.4. The number of ether oxygens (including phenoxy) is 1. The van der Waals surface area contributed by atoms with Gasteiger partial charge in [0.15, 0.2) is 0 Å². The normalized spacial score (nSPS) is 16.6. The second-order valence-electron chi connectivity index (χ2n) is 5.00. The Morgan fingerprint density at radius 1 is 1.27 bits per heavy atom. The van der Waals surface area contributed by atoms with Crippen LogP contribution in [-0.2, 0) is 14.8 Å². The summed E-state index contributed by atoms with van der Waals surface area (Å²) in [6.07, 6.45) is -0.433. The second kappa shape index (κ2) is 6.62. The Labute approximate surface area is 129 Å². The molecular formula is C14H19FN2O4S. The van der Waals surface area contributed by atoms with Gasteiger partial charge >= 0.3 is 6.09 Å². The highest BCUT2D eigenvalue weighted by molar-refractivity contribution is 7.89. The number of rotatable bonds is 3. The summed E-state index contributed by atoms with van der Waals surface area (Å²) >= 11 is 0. The van der Waals surface area contributed by atoms with Crippen molar-refractivity contribution in [2.75, 3.05) is 32.8 Å². The predicted molar refractivity (Wildman–Crippen MR) is 78.5 cm³/mol. The minimum atomic E-state index is -3.68. The number of carbonyl (C=O) groups is 1. The minimum Gasteiger partial charge on any atom is -0.450 e. The Hall–Kier alpha value is -1.67. The van der Waals surface area contributed by atoms with E-state index in [1.807, 2.05) is 0 Å². The molecular weight excluding hydrogens is 311 g/mol. The molecule has 22 heavy (non-hydrogen) atoms. The molecule has 1 amide bonds. The van der Waals surface area contributed by atoms with Crippen LogP contribution < -0.4 is 0 Å². The maximum Gasteiger partial charge on any atom is 0.409 e. The van der Waals surface area contributed by atoms with Crippen LogP contribution in [0.3, 0.4) is 0 Å². The van der Waals surface area contributed by atoms with Crippen molar-refractivity contribution in [3.05, 3.63) is 29.6 Å². The molecule has 6 nitrogen and oxygen atoms in total. The summed E-state index contributed by atoms with van der Waals surface area (Å²) in [4.78, 5) is 13.2. The van der Waals surface area contributed by atoms with E-state index >= 15 is 0 Å². The number of nitrogens with zero attached hydrogens (tertiary/aromatic N) is 2. The quantitative estimate of drug-likeness (QED) is 0.844. The lowest BCUT2D eigenvalue weighted by Crippen LogP contribution is -2.50. The van der Waals surface area contributed by atoms with Gasteiger partial charge in [-0.1, -0.05) is 0 Å². The van der Waals surface area contributed by atoms with E-state index < -0.39 is 21.9 Å². The van der Waals surface area contributed by atoms with Gasteiger partial charge in [-0.25, -0.2) is 17.6 Å². The van der Waals surface area contributed by atoms with E-state index in [-0.39, 0.29) is 37.7 Å². The molecule has 1 aromatic carbocycles. The summed E-state index contributed by atoms with van der Waals surface area (Å²) in [5.41, 5.74) is 0.368. The predicted octanol–water partition coefficient (Wildman–Crippen LogP) is 1.60. The lowest BCUT2D eigenvalue weighted by molar-refractivity contribution is 0.0934. The Balaban J connectivity index is 2.11. The maximum absolute atomic E-state index is 13.1. The third-order valence-corrected chi connectivity index (χ3v) is 5.58. The van der Waals surface area contributed by atoms with Gasteiger partial charge in [-0.2, -0.15) is 4.31 Å². The number of benzene rings is 1. The average molecular weight is 330 g/mol. The third-order valence-electron chi connectivity index (χ3n) is 3.52. The zero-order valence-electron chi connectivity index (χ0n) is 12.6. The summed E-state index contributed by atoms with van der Waals surface area (Å²) in [6, 6.07) is 3.61. The van der Waals surface area contributed by atoms with Crippen LogP contribution in [0.4, 0.5) is 9.18 Å². The fourth-order valence-corrected chi connectivity index (χ4v) is 4.00. The summed E-state index contributed by atoms with van der Waals surface area (Å²) in [6.45, 7) is 4.50. The molecule has 1 aromatic rings. The summed E-state index contributed by atoms with van der Waals surface area (Å²) < 4.78 is 44.5. The maximum atomic E-state index is 13.1. The van der Waals surface area contributed by atoms with Crippen molar-refractivity contribution in [2.45, 2.75) is 18.7 Å². The lowest BCUT2D eigenvalue weighted by Gasteiger charge is -2.33. The van der Waals surface area contributed by atoms with Crippen LogP contribution >= 0.6 is 0 Å². The Morgan fingerprint density at radius 2 is 1.91 bits per heavy atom. The minimum absolute atomic E-state index is 0.0958. The molecule has 0 saturated carbocycles. The summed E-state index contributed by atoms with van der Waals surface area (Å²) in [5, 5.41) is 0. The van der Waals surface area contributed by atoms with Crippen molar-refractivity contribution in [1.82, 2.24) is 9.21 Å². The van der Waals surface area contributed by atoms with Crippen LogP contribution in [0.1, 0.15) is 12.5 Å². The van der Waals surface area contributed by atoms with Crippen molar-refractivity contribution in [1.29, 1.82) is 0 Å². The molecule has 0 N–H and O–H groups in total. The third kappa shape index (κ3) is 3.38. The number of hydrogen-bond acceptors (Lipinski definition) is 4. The van der Waals surface area contributed by atoms with Crippen LogP contribution in [0, 0.1) is 12.7 Å². The van der Waals surface area contributed by atoms with Gasteiger partial charge in [0.1, 0.15) is 5.82 Å². The fourth-order valence-electron chi connectivity index (χ4n) is 2.37. The lowest BCUT2D eigenvalue weighted by atomic mass is 10.2. The molecule has 1 fully saturated rings. The highest BCUT2D eigenvalue weighted by atomic mass is 32.2. The Bertz CT molecular complexity index is 655. The molecule has 0 aromatic heterocycles. The van der Waals surface area contributed by atoms with Gasteiger partial charge in [0, 0.05) is 26.2 Å². The Morgan fingerprint density at radius 3 is 2.45 bits per heavy atom. The number of sulfonamides is 1. The molecule has 1 saturated heterocycles. The van der Waals surface area contributed by atoms with Gasteiger partial charge in [0.05, 0.1) is 11.5 Å². The van der Waals surface area contributed by atoms with Gasteiger partial charge in [-0.15, -0.1) is 0 Å².